The molecule has 1 amide bonds. The minimum absolute atomic E-state index is 0.391. The summed E-state index contributed by atoms with van der Waals surface area (Å²) >= 11 is 0. The van der Waals surface area contributed by atoms with E-state index in [0.717, 1.165) is 30.8 Å². The van der Waals surface area contributed by atoms with E-state index >= 15 is 0 Å². The van der Waals surface area contributed by atoms with Crippen LogP contribution in [0.3, 0.4) is 0 Å². The summed E-state index contributed by atoms with van der Waals surface area (Å²) in [4.78, 5) is 13.5. The largest absolute Gasteiger partial charge is 0.398 e. The van der Waals surface area contributed by atoms with Crippen molar-refractivity contribution in [2.24, 2.45) is 5.73 Å². The van der Waals surface area contributed by atoms with Gasteiger partial charge in [-0.3, -0.25) is 4.79 Å². The van der Waals surface area contributed by atoms with Crippen molar-refractivity contribution in [1.82, 2.24) is 0 Å². The van der Waals surface area contributed by atoms with Gasteiger partial charge in [-0.25, -0.2) is 0 Å². The molecule has 4 heteroatoms. The zero-order valence-electron chi connectivity index (χ0n) is 11.2. The van der Waals surface area contributed by atoms with Gasteiger partial charge in [-0.1, -0.05) is 18.2 Å². The molecule has 3 rings (SSSR count). The first kappa shape index (κ1) is 12.5. The van der Waals surface area contributed by atoms with Crippen molar-refractivity contribution < 1.29 is 4.79 Å². The van der Waals surface area contributed by atoms with Crippen molar-refractivity contribution in [3.8, 4) is 0 Å². The zero-order valence-corrected chi connectivity index (χ0v) is 11.2. The van der Waals surface area contributed by atoms with Gasteiger partial charge in [0.1, 0.15) is 0 Å². The predicted octanol–water partition coefficient (Wildman–Crippen LogP) is 1.93. The van der Waals surface area contributed by atoms with Gasteiger partial charge in [-0.2, -0.15) is 0 Å². The minimum Gasteiger partial charge on any atom is -0.398 e. The Balaban J connectivity index is 1.86. The van der Waals surface area contributed by atoms with E-state index in [1.165, 1.54) is 11.3 Å². The molecule has 4 nitrogen and oxygen atoms in total. The number of carbonyl (C=O) groups excluding carboxylic acids is 1. The molecule has 0 saturated carbocycles. The summed E-state index contributed by atoms with van der Waals surface area (Å²) in [5, 5.41) is 0. The van der Waals surface area contributed by atoms with Gasteiger partial charge in [0.05, 0.1) is 0 Å². The molecule has 102 valence electrons. The molecule has 0 saturated heterocycles. The van der Waals surface area contributed by atoms with Crippen LogP contribution >= 0.6 is 0 Å². The molecule has 0 bridgehead atoms. The van der Waals surface area contributed by atoms with Crippen molar-refractivity contribution in [3.05, 3.63) is 59.2 Å². The van der Waals surface area contributed by atoms with Crippen LogP contribution in [0.25, 0.3) is 0 Å². The summed E-state index contributed by atoms with van der Waals surface area (Å²) in [6.45, 7) is 1.71. The number of anilines is 2. The number of fused-ring (bicyclic) bond motifs is 1. The van der Waals surface area contributed by atoms with Gasteiger partial charge >= 0.3 is 0 Å². The third kappa shape index (κ3) is 2.20. The van der Waals surface area contributed by atoms with Gasteiger partial charge in [0.2, 0.25) is 5.91 Å². The summed E-state index contributed by atoms with van der Waals surface area (Å²) < 4.78 is 0. The fraction of sp³-hybridized carbons (Fsp3) is 0.188. The fourth-order valence-corrected chi connectivity index (χ4v) is 2.74. The number of primary amides is 1. The topological polar surface area (TPSA) is 72.4 Å². The smallest absolute Gasteiger partial charge is 0.248 e. The quantitative estimate of drug-likeness (QED) is 0.835. The second kappa shape index (κ2) is 4.89. The number of hydrogen-bond acceptors (Lipinski definition) is 3. The first-order valence-electron chi connectivity index (χ1n) is 6.66. The molecular formula is C16H17N3O. The Labute approximate surface area is 118 Å². The molecule has 0 aromatic heterocycles. The number of nitrogens with zero attached hydrogens (tertiary/aromatic N) is 1. The van der Waals surface area contributed by atoms with Crippen molar-refractivity contribution in [1.29, 1.82) is 0 Å². The van der Waals surface area contributed by atoms with Crippen LogP contribution in [-0.4, -0.2) is 12.5 Å². The number of nitrogen functional groups attached to an aromatic ring is 1. The molecule has 2 aromatic carbocycles. The minimum atomic E-state index is -0.391. The molecule has 0 fully saturated rings. The normalized spacial score (nSPS) is 13.3. The Morgan fingerprint density at radius 3 is 2.80 bits per heavy atom. The van der Waals surface area contributed by atoms with Gasteiger partial charge in [-0.05, 0) is 36.2 Å². The van der Waals surface area contributed by atoms with Crippen LogP contribution in [0.1, 0.15) is 21.5 Å². The van der Waals surface area contributed by atoms with Gasteiger partial charge < -0.3 is 16.4 Å². The van der Waals surface area contributed by atoms with Crippen LogP contribution in [0.15, 0.2) is 42.5 Å². The Kier molecular flexibility index (Phi) is 3.06. The highest BCUT2D eigenvalue weighted by Gasteiger charge is 2.20. The Bertz CT molecular complexity index is 667. The Morgan fingerprint density at radius 1 is 1.20 bits per heavy atom. The van der Waals surface area contributed by atoms with E-state index in [4.69, 9.17) is 11.5 Å². The van der Waals surface area contributed by atoms with Gasteiger partial charge in [0.25, 0.3) is 0 Å². The molecule has 0 radical (unpaired) electrons. The maximum absolute atomic E-state index is 11.2. The van der Waals surface area contributed by atoms with Gasteiger partial charge in [0.15, 0.2) is 0 Å². The number of amides is 1. The maximum Gasteiger partial charge on any atom is 0.248 e. The molecule has 0 spiro atoms. The van der Waals surface area contributed by atoms with E-state index in [2.05, 4.69) is 11.0 Å². The lowest BCUT2D eigenvalue weighted by atomic mass is 10.1. The van der Waals surface area contributed by atoms with E-state index in [1.54, 1.807) is 6.07 Å². The highest BCUT2D eigenvalue weighted by atomic mass is 16.1. The van der Waals surface area contributed by atoms with Gasteiger partial charge in [0, 0.05) is 35.6 Å². The molecule has 1 aliphatic heterocycles. The average molecular weight is 267 g/mol. The lowest BCUT2D eigenvalue weighted by Gasteiger charge is -2.20. The molecule has 0 atom stereocenters. The third-order valence-electron chi connectivity index (χ3n) is 3.74. The first-order valence-corrected chi connectivity index (χ1v) is 6.66. The molecule has 20 heavy (non-hydrogen) atoms. The average Bonchev–Trinajstić information content (AvgIpc) is 2.84. The second-order valence-electron chi connectivity index (χ2n) is 5.08. The summed E-state index contributed by atoms with van der Waals surface area (Å²) in [5.74, 6) is -0.391. The van der Waals surface area contributed by atoms with Crippen molar-refractivity contribution >= 4 is 17.3 Å². The van der Waals surface area contributed by atoms with E-state index in [1.807, 2.05) is 30.3 Å². The molecule has 4 N–H and O–H groups in total. The Hall–Kier alpha value is -2.49. The highest BCUT2D eigenvalue weighted by Crippen LogP contribution is 2.33. The summed E-state index contributed by atoms with van der Waals surface area (Å²) in [7, 11) is 0. The number of nitrogens with two attached hydrogens (primary N) is 2. The Morgan fingerprint density at radius 2 is 2.00 bits per heavy atom. The van der Waals surface area contributed by atoms with Crippen LogP contribution < -0.4 is 16.4 Å². The summed E-state index contributed by atoms with van der Waals surface area (Å²) in [5.41, 5.74) is 16.2. The number of benzene rings is 2. The molecule has 1 heterocycles. The third-order valence-corrected chi connectivity index (χ3v) is 3.74. The number of rotatable bonds is 3. The lowest BCUT2D eigenvalue weighted by molar-refractivity contribution is 0.1000. The number of hydrogen-bond donors (Lipinski definition) is 2. The monoisotopic (exact) mass is 267 g/mol. The van der Waals surface area contributed by atoms with Crippen LogP contribution in [0.2, 0.25) is 0 Å². The lowest BCUT2D eigenvalue weighted by Crippen LogP contribution is -2.20. The first-order chi connectivity index (χ1) is 9.65. The predicted molar refractivity (Wildman–Crippen MR) is 80.6 cm³/mol. The molecule has 0 unspecified atom stereocenters. The molecule has 2 aromatic rings. The maximum atomic E-state index is 11.2. The van der Waals surface area contributed by atoms with E-state index < -0.39 is 5.91 Å². The van der Waals surface area contributed by atoms with Crippen LogP contribution in [0.5, 0.6) is 0 Å². The van der Waals surface area contributed by atoms with Gasteiger partial charge in [-0.15, -0.1) is 0 Å². The second-order valence-corrected chi connectivity index (χ2v) is 5.08. The van der Waals surface area contributed by atoms with Crippen molar-refractivity contribution in [2.45, 2.75) is 13.0 Å². The van der Waals surface area contributed by atoms with Crippen molar-refractivity contribution in [3.63, 3.8) is 0 Å². The zero-order chi connectivity index (χ0) is 14.1. The standard InChI is InChI=1S/C16H17N3O/c17-14-5-2-6-15-13(14)7-8-19(15)10-11-3-1-4-12(9-11)16(18)20/h1-6,9H,7-8,10,17H2,(H2,18,20). The van der Waals surface area contributed by atoms with Crippen molar-refractivity contribution in [2.75, 3.05) is 17.2 Å². The van der Waals surface area contributed by atoms with E-state index in [9.17, 15) is 4.79 Å². The molecular weight excluding hydrogens is 250 g/mol. The number of carbonyl (C=O) groups is 1. The molecule has 0 aliphatic carbocycles. The van der Waals surface area contributed by atoms with E-state index in [0.29, 0.717) is 5.56 Å². The van der Waals surface area contributed by atoms with Crippen LogP contribution in [0, 0.1) is 0 Å². The van der Waals surface area contributed by atoms with Crippen LogP contribution in [-0.2, 0) is 13.0 Å². The summed E-state index contributed by atoms with van der Waals surface area (Å²) in [6, 6.07) is 13.5. The fourth-order valence-electron chi connectivity index (χ4n) is 2.74. The molecule has 1 aliphatic rings. The summed E-state index contributed by atoms with van der Waals surface area (Å²) in [6.07, 6.45) is 0.970. The van der Waals surface area contributed by atoms with Crippen LogP contribution in [0.4, 0.5) is 11.4 Å². The SMILES string of the molecule is NC(=O)c1cccc(CN2CCc3c(N)cccc32)c1. The van der Waals surface area contributed by atoms with E-state index in [-0.39, 0.29) is 0 Å². The highest BCUT2D eigenvalue weighted by molar-refractivity contribution is 5.92.